The lowest BCUT2D eigenvalue weighted by atomic mass is 10.0. The molecular formula is C13H11ClOS. The van der Waals surface area contributed by atoms with Gasteiger partial charge in [-0.15, -0.1) is 11.3 Å². The van der Waals surface area contributed by atoms with E-state index in [1.807, 2.05) is 26.0 Å². The standard InChI is InChI=1S/C13H11ClOS/c1-8-5-9(2)7-10(6-8)13(15)11-3-4-12(14)16-11/h3-7H,1-2H3. The summed E-state index contributed by atoms with van der Waals surface area (Å²) in [7, 11) is 0. The number of aryl methyl sites for hydroxylation is 2. The summed E-state index contributed by atoms with van der Waals surface area (Å²) in [6, 6.07) is 9.39. The van der Waals surface area contributed by atoms with E-state index in [4.69, 9.17) is 11.6 Å². The zero-order valence-corrected chi connectivity index (χ0v) is 10.7. The number of halogens is 1. The van der Waals surface area contributed by atoms with Crippen LogP contribution in [-0.2, 0) is 0 Å². The first-order valence-corrected chi connectivity index (χ1v) is 6.14. The molecule has 82 valence electrons. The molecule has 2 aromatic rings. The molecule has 2 rings (SSSR count). The van der Waals surface area contributed by atoms with E-state index in [-0.39, 0.29) is 5.78 Å². The Balaban J connectivity index is 2.41. The average molecular weight is 251 g/mol. The Morgan fingerprint density at radius 3 is 2.25 bits per heavy atom. The Morgan fingerprint density at radius 1 is 1.12 bits per heavy atom. The zero-order valence-electron chi connectivity index (χ0n) is 9.08. The SMILES string of the molecule is Cc1cc(C)cc(C(=O)c2ccc(Cl)s2)c1. The van der Waals surface area contributed by atoms with Crippen LogP contribution in [0.25, 0.3) is 0 Å². The lowest BCUT2D eigenvalue weighted by Gasteiger charge is -2.02. The lowest BCUT2D eigenvalue weighted by molar-refractivity contribution is 0.104. The predicted octanol–water partition coefficient (Wildman–Crippen LogP) is 4.25. The second-order valence-electron chi connectivity index (χ2n) is 3.81. The summed E-state index contributed by atoms with van der Waals surface area (Å²) >= 11 is 7.14. The van der Waals surface area contributed by atoms with E-state index in [2.05, 4.69) is 6.07 Å². The van der Waals surface area contributed by atoms with Crippen molar-refractivity contribution in [3.05, 3.63) is 56.2 Å². The molecule has 0 aliphatic carbocycles. The molecular weight excluding hydrogens is 240 g/mol. The molecule has 0 amide bonds. The van der Waals surface area contributed by atoms with Gasteiger partial charge in [-0.3, -0.25) is 4.79 Å². The number of carbonyl (C=O) groups excluding carboxylic acids is 1. The molecule has 3 heteroatoms. The van der Waals surface area contributed by atoms with Gasteiger partial charge in [0.15, 0.2) is 0 Å². The van der Waals surface area contributed by atoms with Crippen molar-refractivity contribution < 1.29 is 4.79 Å². The van der Waals surface area contributed by atoms with Crippen molar-refractivity contribution in [3.63, 3.8) is 0 Å². The molecule has 0 saturated carbocycles. The van der Waals surface area contributed by atoms with Crippen molar-refractivity contribution in [2.45, 2.75) is 13.8 Å². The molecule has 1 heterocycles. The third-order valence-electron chi connectivity index (χ3n) is 2.28. The van der Waals surface area contributed by atoms with Gasteiger partial charge in [0.25, 0.3) is 0 Å². The van der Waals surface area contributed by atoms with Crippen LogP contribution in [0, 0.1) is 13.8 Å². The van der Waals surface area contributed by atoms with Gasteiger partial charge in [-0.05, 0) is 38.1 Å². The molecule has 1 nitrogen and oxygen atoms in total. The number of thiophene rings is 1. The second-order valence-corrected chi connectivity index (χ2v) is 5.52. The van der Waals surface area contributed by atoms with E-state index in [1.54, 1.807) is 12.1 Å². The topological polar surface area (TPSA) is 17.1 Å². The minimum absolute atomic E-state index is 0.0451. The monoisotopic (exact) mass is 250 g/mol. The number of hydrogen-bond acceptors (Lipinski definition) is 2. The highest BCUT2D eigenvalue weighted by Crippen LogP contribution is 2.24. The maximum absolute atomic E-state index is 12.1. The van der Waals surface area contributed by atoms with Crippen LogP contribution in [0.4, 0.5) is 0 Å². The summed E-state index contributed by atoms with van der Waals surface area (Å²) in [5.41, 5.74) is 2.94. The summed E-state index contributed by atoms with van der Waals surface area (Å²) in [4.78, 5) is 12.8. The number of carbonyl (C=O) groups is 1. The van der Waals surface area contributed by atoms with E-state index < -0.39 is 0 Å². The third kappa shape index (κ3) is 2.34. The molecule has 0 aliphatic heterocycles. The minimum atomic E-state index is 0.0451. The highest BCUT2D eigenvalue weighted by molar-refractivity contribution is 7.18. The molecule has 0 aliphatic rings. The minimum Gasteiger partial charge on any atom is -0.288 e. The van der Waals surface area contributed by atoms with E-state index >= 15 is 0 Å². The predicted molar refractivity (Wildman–Crippen MR) is 68.7 cm³/mol. The fraction of sp³-hybridized carbons (Fsp3) is 0.154. The molecule has 0 atom stereocenters. The molecule has 16 heavy (non-hydrogen) atoms. The van der Waals surface area contributed by atoms with Crippen molar-refractivity contribution >= 4 is 28.7 Å². The van der Waals surface area contributed by atoms with Crippen LogP contribution in [0.2, 0.25) is 4.34 Å². The van der Waals surface area contributed by atoms with Gasteiger partial charge in [0, 0.05) is 5.56 Å². The molecule has 0 radical (unpaired) electrons. The summed E-state index contributed by atoms with van der Waals surface area (Å²) < 4.78 is 0.646. The number of hydrogen-bond donors (Lipinski definition) is 0. The summed E-state index contributed by atoms with van der Waals surface area (Å²) in [5.74, 6) is 0.0451. The van der Waals surface area contributed by atoms with Crippen LogP contribution >= 0.6 is 22.9 Å². The lowest BCUT2D eigenvalue weighted by Crippen LogP contribution is -1.99. The maximum Gasteiger partial charge on any atom is 0.203 e. The maximum atomic E-state index is 12.1. The smallest absolute Gasteiger partial charge is 0.203 e. The van der Waals surface area contributed by atoms with Crippen LogP contribution in [0.15, 0.2) is 30.3 Å². The van der Waals surface area contributed by atoms with Gasteiger partial charge < -0.3 is 0 Å². The first-order valence-electron chi connectivity index (χ1n) is 4.94. The van der Waals surface area contributed by atoms with Gasteiger partial charge in [0.2, 0.25) is 5.78 Å². The van der Waals surface area contributed by atoms with E-state index in [0.717, 1.165) is 16.7 Å². The molecule has 0 fully saturated rings. The molecule has 0 spiro atoms. The van der Waals surface area contributed by atoms with Gasteiger partial charge in [-0.1, -0.05) is 28.8 Å². The van der Waals surface area contributed by atoms with E-state index in [1.165, 1.54) is 11.3 Å². The van der Waals surface area contributed by atoms with E-state index in [0.29, 0.717) is 9.21 Å². The highest BCUT2D eigenvalue weighted by Gasteiger charge is 2.11. The second kappa shape index (κ2) is 4.40. The van der Waals surface area contributed by atoms with Crippen LogP contribution in [-0.4, -0.2) is 5.78 Å². The first kappa shape index (κ1) is 11.4. The van der Waals surface area contributed by atoms with Crippen molar-refractivity contribution in [2.75, 3.05) is 0 Å². The molecule has 0 unspecified atom stereocenters. The molecule has 1 aromatic heterocycles. The van der Waals surface area contributed by atoms with Gasteiger partial charge in [-0.25, -0.2) is 0 Å². The Morgan fingerprint density at radius 2 is 1.75 bits per heavy atom. The Hall–Kier alpha value is -1.12. The van der Waals surface area contributed by atoms with Gasteiger partial charge in [-0.2, -0.15) is 0 Å². The van der Waals surface area contributed by atoms with Crippen LogP contribution in [0.5, 0.6) is 0 Å². The fourth-order valence-corrected chi connectivity index (χ4v) is 2.69. The Kier molecular flexibility index (Phi) is 3.13. The van der Waals surface area contributed by atoms with Gasteiger partial charge >= 0.3 is 0 Å². The number of rotatable bonds is 2. The number of benzene rings is 1. The summed E-state index contributed by atoms with van der Waals surface area (Å²) in [6.07, 6.45) is 0. The summed E-state index contributed by atoms with van der Waals surface area (Å²) in [6.45, 7) is 3.98. The van der Waals surface area contributed by atoms with Crippen LogP contribution in [0.1, 0.15) is 26.4 Å². The van der Waals surface area contributed by atoms with Crippen molar-refractivity contribution in [1.82, 2.24) is 0 Å². The van der Waals surface area contributed by atoms with E-state index in [9.17, 15) is 4.79 Å². The zero-order chi connectivity index (χ0) is 11.7. The normalized spacial score (nSPS) is 10.4. The van der Waals surface area contributed by atoms with Crippen molar-refractivity contribution in [1.29, 1.82) is 0 Å². The molecule has 1 aromatic carbocycles. The molecule has 0 bridgehead atoms. The Labute approximate surface area is 104 Å². The Bertz CT molecular complexity index is 522. The van der Waals surface area contributed by atoms with Gasteiger partial charge in [0.05, 0.1) is 9.21 Å². The highest BCUT2D eigenvalue weighted by atomic mass is 35.5. The quantitative estimate of drug-likeness (QED) is 0.729. The third-order valence-corrected chi connectivity index (χ3v) is 3.51. The van der Waals surface area contributed by atoms with Crippen LogP contribution in [0.3, 0.4) is 0 Å². The first-order chi connectivity index (χ1) is 7.56. The van der Waals surface area contributed by atoms with Crippen molar-refractivity contribution in [2.24, 2.45) is 0 Å². The average Bonchev–Trinajstić information content (AvgIpc) is 2.62. The van der Waals surface area contributed by atoms with Crippen molar-refractivity contribution in [3.8, 4) is 0 Å². The largest absolute Gasteiger partial charge is 0.288 e. The number of ketones is 1. The molecule has 0 N–H and O–H groups in total. The molecule has 0 saturated heterocycles. The fourth-order valence-electron chi connectivity index (χ4n) is 1.68. The van der Waals surface area contributed by atoms with Gasteiger partial charge in [0.1, 0.15) is 0 Å². The van der Waals surface area contributed by atoms with Crippen LogP contribution < -0.4 is 0 Å². The summed E-state index contributed by atoms with van der Waals surface area (Å²) in [5, 5.41) is 0.